The number of rotatable bonds is 2. The second-order valence-electron chi connectivity index (χ2n) is 1.76. The molecule has 0 aromatic rings. The molecule has 0 bridgehead atoms. The summed E-state index contributed by atoms with van der Waals surface area (Å²) in [5.74, 6) is 0. The first-order valence-electron chi connectivity index (χ1n) is 2.91. The van der Waals surface area contributed by atoms with E-state index < -0.39 is 0 Å². The Balaban J connectivity index is 2.23. The zero-order valence-electron chi connectivity index (χ0n) is 5.41. The van der Waals surface area contributed by atoms with Crippen LogP contribution in [0.4, 0.5) is 0 Å². The lowest BCUT2D eigenvalue weighted by Crippen LogP contribution is -2.18. The summed E-state index contributed by atoms with van der Waals surface area (Å²) in [5, 5.41) is 0. The van der Waals surface area contributed by atoms with Crippen LogP contribution in [0.25, 0.3) is 0 Å². The molecule has 0 aliphatic carbocycles. The predicted molar refractivity (Wildman–Crippen MR) is 45.8 cm³/mol. The lowest BCUT2D eigenvalue weighted by molar-refractivity contribution is 0.616. The van der Waals surface area contributed by atoms with Crippen LogP contribution in [-0.4, -0.2) is 30.0 Å². The average Bonchev–Trinajstić information content (AvgIpc) is 1.91. The Morgan fingerprint density at radius 2 is 2.56 bits per heavy atom. The second-order valence-corrected chi connectivity index (χ2v) is 4.16. The lowest BCUT2D eigenvalue weighted by Gasteiger charge is -2.18. The molecule has 0 radical (unpaired) electrons. The molecule has 0 unspecified atom stereocenters. The molecule has 1 aliphatic heterocycles. The molecule has 0 saturated carbocycles. The summed E-state index contributed by atoms with van der Waals surface area (Å²) in [6.45, 7) is 2.15. The molecule has 52 valence electrons. The van der Waals surface area contributed by atoms with E-state index in [0.29, 0.717) is 0 Å². The third kappa shape index (κ3) is 2.49. The Hall–Kier alpha value is 0.170. The van der Waals surface area contributed by atoms with Crippen LogP contribution in [0.15, 0.2) is 4.99 Å². The highest BCUT2D eigenvalue weighted by atomic mass is 33.1. The van der Waals surface area contributed by atoms with Gasteiger partial charge in [0.2, 0.25) is 0 Å². The Labute approximate surface area is 63.6 Å². The van der Waals surface area contributed by atoms with E-state index in [1.807, 2.05) is 6.34 Å². The minimum Gasteiger partial charge on any atom is -0.298 e. The summed E-state index contributed by atoms with van der Waals surface area (Å²) in [5.41, 5.74) is 0. The molecule has 4 heteroatoms. The first kappa shape index (κ1) is 7.28. The molecular formula is C5H10N2S2. The van der Waals surface area contributed by atoms with Crippen molar-refractivity contribution in [3.05, 3.63) is 0 Å². The average molecular weight is 162 g/mol. The van der Waals surface area contributed by atoms with Gasteiger partial charge in [0.05, 0.1) is 6.34 Å². The first-order valence-corrected chi connectivity index (χ1v) is 5.42. The van der Waals surface area contributed by atoms with Crippen LogP contribution in [0.1, 0.15) is 6.42 Å². The molecular weight excluding hydrogens is 152 g/mol. The number of hydrogen-bond acceptors (Lipinski definition) is 4. The summed E-state index contributed by atoms with van der Waals surface area (Å²) in [6, 6.07) is 0. The van der Waals surface area contributed by atoms with Gasteiger partial charge in [-0.15, -0.1) is 0 Å². The van der Waals surface area contributed by atoms with Crippen LogP contribution < -0.4 is 0 Å². The SMILES string of the molecule is CSSN1C=NCCC1. The molecule has 0 spiro atoms. The quantitative estimate of drug-likeness (QED) is 0.453. The molecule has 1 rings (SSSR count). The highest BCUT2D eigenvalue weighted by molar-refractivity contribution is 8.75. The smallest absolute Gasteiger partial charge is 0.0955 e. The van der Waals surface area contributed by atoms with Gasteiger partial charge in [-0.3, -0.25) is 9.30 Å². The van der Waals surface area contributed by atoms with Crippen LogP contribution in [-0.2, 0) is 0 Å². The number of nitrogens with zero attached hydrogens (tertiary/aromatic N) is 2. The summed E-state index contributed by atoms with van der Waals surface area (Å²) in [4.78, 5) is 4.14. The van der Waals surface area contributed by atoms with Crippen molar-refractivity contribution < 1.29 is 0 Å². The fraction of sp³-hybridized carbons (Fsp3) is 0.800. The third-order valence-electron chi connectivity index (χ3n) is 1.05. The van der Waals surface area contributed by atoms with Crippen LogP contribution in [0, 0.1) is 0 Å². The van der Waals surface area contributed by atoms with Gasteiger partial charge in [-0.2, -0.15) is 0 Å². The molecule has 0 fully saturated rings. The van der Waals surface area contributed by atoms with Crippen molar-refractivity contribution in [3.8, 4) is 0 Å². The van der Waals surface area contributed by atoms with E-state index in [0.717, 1.165) is 13.1 Å². The van der Waals surface area contributed by atoms with Crippen LogP contribution in [0.3, 0.4) is 0 Å². The van der Waals surface area contributed by atoms with E-state index in [9.17, 15) is 0 Å². The van der Waals surface area contributed by atoms with Crippen LogP contribution >= 0.6 is 21.8 Å². The maximum atomic E-state index is 4.14. The minimum atomic E-state index is 1.01. The maximum Gasteiger partial charge on any atom is 0.0955 e. The van der Waals surface area contributed by atoms with Crippen molar-refractivity contribution in [1.29, 1.82) is 0 Å². The van der Waals surface area contributed by atoms with Gasteiger partial charge in [0.1, 0.15) is 0 Å². The number of aliphatic imine (C=N–C) groups is 1. The Morgan fingerprint density at radius 1 is 1.67 bits per heavy atom. The molecule has 1 aliphatic rings. The van der Waals surface area contributed by atoms with Crippen molar-refractivity contribution in [1.82, 2.24) is 4.31 Å². The van der Waals surface area contributed by atoms with Crippen molar-refractivity contribution >= 4 is 28.1 Å². The summed E-state index contributed by atoms with van der Waals surface area (Å²) in [6.07, 6.45) is 5.20. The molecule has 0 N–H and O–H groups in total. The van der Waals surface area contributed by atoms with Crippen molar-refractivity contribution in [2.24, 2.45) is 4.99 Å². The Bertz CT molecular complexity index is 105. The molecule has 0 aromatic carbocycles. The predicted octanol–water partition coefficient (Wildman–Crippen LogP) is 1.65. The van der Waals surface area contributed by atoms with Crippen molar-refractivity contribution in [2.45, 2.75) is 6.42 Å². The third-order valence-corrected chi connectivity index (χ3v) is 2.69. The fourth-order valence-corrected chi connectivity index (χ4v) is 2.09. The van der Waals surface area contributed by atoms with E-state index in [1.165, 1.54) is 6.42 Å². The van der Waals surface area contributed by atoms with E-state index in [4.69, 9.17) is 0 Å². The van der Waals surface area contributed by atoms with Gasteiger partial charge >= 0.3 is 0 Å². The van der Waals surface area contributed by atoms with E-state index >= 15 is 0 Å². The topological polar surface area (TPSA) is 15.6 Å². The van der Waals surface area contributed by atoms with Crippen LogP contribution in [0.2, 0.25) is 0 Å². The zero-order valence-corrected chi connectivity index (χ0v) is 7.04. The van der Waals surface area contributed by atoms with Crippen molar-refractivity contribution in [2.75, 3.05) is 19.3 Å². The first-order chi connectivity index (χ1) is 4.43. The van der Waals surface area contributed by atoms with Gasteiger partial charge in [-0.25, -0.2) is 0 Å². The highest BCUT2D eigenvalue weighted by Gasteiger charge is 2.02. The van der Waals surface area contributed by atoms with Gasteiger partial charge in [0.25, 0.3) is 0 Å². The van der Waals surface area contributed by atoms with Gasteiger partial charge in [-0.05, 0) is 12.7 Å². The summed E-state index contributed by atoms with van der Waals surface area (Å²) < 4.78 is 2.16. The normalized spacial score (nSPS) is 18.6. The van der Waals surface area contributed by atoms with Crippen LogP contribution in [0.5, 0.6) is 0 Å². The maximum absolute atomic E-state index is 4.14. The largest absolute Gasteiger partial charge is 0.298 e. The lowest BCUT2D eigenvalue weighted by atomic mass is 10.4. The summed E-state index contributed by atoms with van der Waals surface area (Å²) in [7, 11) is 3.51. The van der Waals surface area contributed by atoms with E-state index in [1.54, 1.807) is 21.8 Å². The van der Waals surface area contributed by atoms with Gasteiger partial charge in [0.15, 0.2) is 0 Å². The molecule has 9 heavy (non-hydrogen) atoms. The van der Waals surface area contributed by atoms with Gasteiger partial charge < -0.3 is 0 Å². The standard InChI is InChI=1S/C5H10N2S2/c1-8-9-7-4-2-3-6-5-7/h5H,2-4H2,1H3. The molecule has 1 heterocycles. The van der Waals surface area contributed by atoms with Crippen molar-refractivity contribution in [3.63, 3.8) is 0 Å². The Kier molecular flexibility index (Phi) is 3.28. The molecule has 2 nitrogen and oxygen atoms in total. The Morgan fingerprint density at radius 3 is 3.11 bits per heavy atom. The van der Waals surface area contributed by atoms with Gasteiger partial charge in [-0.1, -0.05) is 10.8 Å². The summed E-state index contributed by atoms with van der Waals surface area (Å²) >= 11 is 0. The molecule has 0 aromatic heterocycles. The second kappa shape index (κ2) is 4.06. The van der Waals surface area contributed by atoms with E-state index in [2.05, 4.69) is 15.6 Å². The monoisotopic (exact) mass is 162 g/mol. The fourth-order valence-electron chi connectivity index (χ4n) is 0.677. The van der Waals surface area contributed by atoms with E-state index in [-0.39, 0.29) is 0 Å². The molecule has 0 atom stereocenters. The zero-order chi connectivity index (χ0) is 6.53. The highest BCUT2D eigenvalue weighted by Crippen LogP contribution is 2.22. The molecule has 0 amide bonds. The van der Waals surface area contributed by atoms with Gasteiger partial charge in [0, 0.05) is 24.1 Å². The number of hydrogen-bond donors (Lipinski definition) is 0. The molecule has 0 saturated heterocycles. The minimum absolute atomic E-state index is 1.01.